The lowest BCUT2D eigenvalue weighted by Crippen LogP contribution is -2.51. The number of nitrogens with zero attached hydrogens (tertiary/aromatic N) is 4. The van der Waals surface area contributed by atoms with E-state index in [1.54, 1.807) is 16.8 Å². The minimum atomic E-state index is -0.0312. The van der Waals surface area contributed by atoms with Crippen molar-refractivity contribution in [2.24, 2.45) is 0 Å². The molecule has 1 aromatic heterocycles. The Hall–Kier alpha value is -2.16. The smallest absolute Gasteiger partial charge is 0.321 e. The van der Waals surface area contributed by atoms with Crippen LogP contribution in [0.1, 0.15) is 19.0 Å². The van der Waals surface area contributed by atoms with Gasteiger partial charge in [0.25, 0.3) is 0 Å². The first-order chi connectivity index (χ1) is 14.2. The number of nitrogens with one attached hydrogen (secondary N) is 1. The van der Waals surface area contributed by atoms with Gasteiger partial charge in [0.1, 0.15) is 12.4 Å². The lowest BCUT2D eigenvalue weighted by Gasteiger charge is -2.37. The third-order valence-corrected chi connectivity index (χ3v) is 6.41. The normalized spacial score (nSPS) is 20.7. The fourth-order valence-electron chi connectivity index (χ4n) is 4.00. The second kappa shape index (κ2) is 9.56. The zero-order valence-electron chi connectivity index (χ0n) is 16.9. The number of carbonyl (C=O) groups excluding carboxylic acids is 1. The molecule has 7 nitrogen and oxygen atoms in total. The van der Waals surface area contributed by atoms with Gasteiger partial charge in [-0.3, -0.25) is 4.90 Å². The van der Waals surface area contributed by atoms with Gasteiger partial charge in [-0.05, 0) is 25.1 Å². The SMILES string of the molecule is CCN1CCN([C@@H]2CCN(C(=O)Nc3cccc(OCc4cscn4)c3)C2)CC1. The number of benzene rings is 1. The first-order valence-electron chi connectivity index (χ1n) is 10.3. The highest BCUT2D eigenvalue weighted by Gasteiger charge is 2.31. The summed E-state index contributed by atoms with van der Waals surface area (Å²) in [6, 6.07) is 7.99. The van der Waals surface area contributed by atoms with E-state index in [0.29, 0.717) is 12.6 Å². The number of hydrogen-bond donors (Lipinski definition) is 1. The fourth-order valence-corrected chi connectivity index (χ4v) is 4.54. The quantitative estimate of drug-likeness (QED) is 0.786. The van der Waals surface area contributed by atoms with Gasteiger partial charge in [0.2, 0.25) is 0 Å². The fraction of sp³-hybridized carbons (Fsp3) is 0.524. The maximum absolute atomic E-state index is 12.7. The van der Waals surface area contributed by atoms with E-state index in [1.807, 2.05) is 34.5 Å². The number of likely N-dealkylation sites (tertiary alicyclic amines) is 1. The molecule has 1 N–H and O–H groups in total. The number of hydrogen-bond acceptors (Lipinski definition) is 6. The van der Waals surface area contributed by atoms with Crippen LogP contribution < -0.4 is 10.1 Å². The van der Waals surface area contributed by atoms with E-state index in [1.165, 1.54) is 0 Å². The van der Waals surface area contributed by atoms with Gasteiger partial charge in [-0.2, -0.15) is 0 Å². The van der Waals surface area contributed by atoms with Gasteiger partial charge in [-0.15, -0.1) is 11.3 Å². The van der Waals surface area contributed by atoms with Gasteiger partial charge in [-0.1, -0.05) is 13.0 Å². The summed E-state index contributed by atoms with van der Waals surface area (Å²) in [7, 11) is 0. The molecule has 2 amide bonds. The highest BCUT2D eigenvalue weighted by atomic mass is 32.1. The molecule has 2 aliphatic heterocycles. The van der Waals surface area contributed by atoms with Crippen molar-refractivity contribution >= 4 is 23.1 Å². The molecule has 2 fully saturated rings. The molecule has 1 aromatic carbocycles. The minimum absolute atomic E-state index is 0.0312. The summed E-state index contributed by atoms with van der Waals surface area (Å²) in [5, 5.41) is 4.99. The standard InChI is InChI=1S/C21H29N5O2S/c1-2-24-8-10-25(11-9-24)19-6-7-26(13-19)21(27)23-17-4-3-5-20(12-17)28-14-18-15-29-16-22-18/h3-5,12,15-16,19H,2,6-11,13-14H2,1H3,(H,23,27)/t19-/m1/s1. The average Bonchev–Trinajstić information content (AvgIpc) is 3.45. The zero-order chi connectivity index (χ0) is 20.1. The molecule has 0 radical (unpaired) electrons. The number of aromatic nitrogens is 1. The third-order valence-electron chi connectivity index (χ3n) is 5.78. The molecular weight excluding hydrogens is 386 g/mol. The van der Waals surface area contributed by atoms with Crippen LogP contribution in [0.5, 0.6) is 5.75 Å². The molecule has 29 heavy (non-hydrogen) atoms. The number of carbonyl (C=O) groups is 1. The Morgan fingerprint density at radius 2 is 2.14 bits per heavy atom. The zero-order valence-corrected chi connectivity index (χ0v) is 17.7. The number of amides is 2. The topological polar surface area (TPSA) is 60.9 Å². The van der Waals surface area contributed by atoms with E-state index < -0.39 is 0 Å². The summed E-state index contributed by atoms with van der Waals surface area (Å²) in [5.41, 5.74) is 3.46. The predicted octanol–water partition coefficient (Wildman–Crippen LogP) is 2.97. The van der Waals surface area contributed by atoms with Crippen LogP contribution in [0, 0.1) is 0 Å². The largest absolute Gasteiger partial charge is 0.487 e. The second-order valence-corrected chi connectivity index (χ2v) is 8.30. The van der Waals surface area contributed by atoms with Crippen molar-refractivity contribution in [2.75, 3.05) is 51.1 Å². The molecular formula is C21H29N5O2S. The van der Waals surface area contributed by atoms with Gasteiger partial charge >= 0.3 is 6.03 Å². The van der Waals surface area contributed by atoms with E-state index in [0.717, 1.165) is 69.4 Å². The summed E-state index contributed by atoms with van der Waals surface area (Å²) in [6.45, 7) is 9.86. The van der Waals surface area contributed by atoms with E-state index in [4.69, 9.17) is 4.74 Å². The molecule has 0 bridgehead atoms. The molecule has 3 heterocycles. The van der Waals surface area contributed by atoms with E-state index in [9.17, 15) is 4.79 Å². The minimum Gasteiger partial charge on any atom is -0.487 e. The van der Waals surface area contributed by atoms with Gasteiger partial charge in [0.05, 0.1) is 11.2 Å². The maximum Gasteiger partial charge on any atom is 0.321 e. The van der Waals surface area contributed by atoms with Crippen molar-refractivity contribution in [3.8, 4) is 5.75 Å². The van der Waals surface area contributed by atoms with E-state index in [2.05, 4.69) is 27.0 Å². The van der Waals surface area contributed by atoms with Crippen LogP contribution in [0.2, 0.25) is 0 Å². The number of rotatable bonds is 6. The van der Waals surface area contributed by atoms with Crippen molar-refractivity contribution in [3.05, 3.63) is 40.8 Å². The monoisotopic (exact) mass is 415 g/mol. The Morgan fingerprint density at radius 3 is 2.90 bits per heavy atom. The molecule has 2 saturated heterocycles. The van der Waals surface area contributed by atoms with Crippen molar-refractivity contribution in [2.45, 2.75) is 26.0 Å². The first kappa shape index (κ1) is 20.1. The van der Waals surface area contributed by atoms with Crippen molar-refractivity contribution in [3.63, 3.8) is 0 Å². The number of thiazole rings is 1. The molecule has 0 saturated carbocycles. The van der Waals surface area contributed by atoms with Gasteiger partial charge < -0.3 is 19.9 Å². The lowest BCUT2D eigenvalue weighted by molar-refractivity contribution is 0.103. The Balaban J connectivity index is 1.27. The van der Waals surface area contributed by atoms with Crippen LogP contribution in [-0.4, -0.2) is 77.6 Å². The Labute approximate surface area is 176 Å². The highest BCUT2D eigenvalue weighted by molar-refractivity contribution is 7.07. The van der Waals surface area contributed by atoms with Crippen LogP contribution in [0.3, 0.4) is 0 Å². The highest BCUT2D eigenvalue weighted by Crippen LogP contribution is 2.21. The maximum atomic E-state index is 12.7. The summed E-state index contributed by atoms with van der Waals surface area (Å²) in [5.74, 6) is 0.726. The average molecular weight is 416 g/mol. The van der Waals surface area contributed by atoms with Gasteiger partial charge in [0, 0.05) is 62.4 Å². The van der Waals surface area contributed by atoms with Crippen LogP contribution in [0.25, 0.3) is 0 Å². The van der Waals surface area contributed by atoms with Crippen molar-refractivity contribution in [1.29, 1.82) is 0 Å². The number of likely N-dealkylation sites (N-methyl/N-ethyl adjacent to an activating group) is 1. The Bertz CT molecular complexity index is 792. The molecule has 0 aliphatic carbocycles. The molecule has 2 aliphatic rings. The van der Waals surface area contributed by atoms with Gasteiger partial charge in [0.15, 0.2) is 0 Å². The number of urea groups is 1. The molecule has 4 rings (SSSR count). The summed E-state index contributed by atoms with van der Waals surface area (Å²) in [4.78, 5) is 23.9. The molecule has 0 spiro atoms. The van der Waals surface area contributed by atoms with Crippen molar-refractivity contribution < 1.29 is 9.53 Å². The summed E-state index contributed by atoms with van der Waals surface area (Å²) < 4.78 is 5.78. The predicted molar refractivity (Wildman–Crippen MR) is 116 cm³/mol. The second-order valence-electron chi connectivity index (χ2n) is 7.59. The summed E-state index contributed by atoms with van der Waals surface area (Å²) in [6.07, 6.45) is 1.05. The van der Waals surface area contributed by atoms with Crippen LogP contribution in [-0.2, 0) is 6.61 Å². The van der Waals surface area contributed by atoms with Gasteiger partial charge in [-0.25, -0.2) is 9.78 Å². The third kappa shape index (κ3) is 5.26. The van der Waals surface area contributed by atoms with Crippen molar-refractivity contribution in [1.82, 2.24) is 19.7 Å². The number of piperazine rings is 1. The van der Waals surface area contributed by atoms with Crippen LogP contribution in [0.4, 0.5) is 10.5 Å². The van der Waals surface area contributed by atoms with Crippen LogP contribution >= 0.6 is 11.3 Å². The molecule has 156 valence electrons. The lowest BCUT2D eigenvalue weighted by atomic mass is 10.2. The van der Waals surface area contributed by atoms with E-state index >= 15 is 0 Å². The number of anilines is 1. The first-order valence-corrected chi connectivity index (χ1v) is 11.3. The summed E-state index contributed by atoms with van der Waals surface area (Å²) >= 11 is 1.55. The molecule has 1 atom stereocenters. The van der Waals surface area contributed by atoms with Crippen LogP contribution in [0.15, 0.2) is 35.2 Å². The number of ether oxygens (including phenoxy) is 1. The Kier molecular flexibility index (Phi) is 6.63. The molecule has 8 heteroatoms. The molecule has 2 aromatic rings. The Morgan fingerprint density at radius 1 is 1.28 bits per heavy atom. The van der Waals surface area contributed by atoms with E-state index in [-0.39, 0.29) is 6.03 Å². The molecule has 0 unspecified atom stereocenters.